The molecule has 1 saturated heterocycles. The summed E-state index contributed by atoms with van der Waals surface area (Å²) in [5.74, 6) is 1.30. The first-order valence-corrected chi connectivity index (χ1v) is 10.2. The summed E-state index contributed by atoms with van der Waals surface area (Å²) in [6.45, 7) is 0.779. The van der Waals surface area contributed by atoms with Gasteiger partial charge in [0.2, 0.25) is 5.91 Å². The maximum absolute atomic E-state index is 11.7. The highest BCUT2D eigenvalue weighted by Crippen LogP contribution is 2.23. The average Bonchev–Trinajstić information content (AvgIpc) is 2.83. The van der Waals surface area contributed by atoms with Crippen LogP contribution in [0.25, 0.3) is 0 Å². The van der Waals surface area contributed by atoms with Gasteiger partial charge < -0.3 is 10.1 Å². The van der Waals surface area contributed by atoms with Crippen LogP contribution in [0.2, 0.25) is 5.02 Å². The number of thioether (sulfide) groups is 1. The smallest absolute Gasteiger partial charge is 0.230 e. The molecule has 8 heteroatoms. The lowest BCUT2D eigenvalue weighted by atomic mass is 10.3. The third kappa shape index (κ3) is 6.06. The zero-order valence-electron chi connectivity index (χ0n) is 12.0. The molecule has 0 bridgehead atoms. The van der Waals surface area contributed by atoms with Gasteiger partial charge in [0.05, 0.1) is 23.8 Å². The van der Waals surface area contributed by atoms with E-state index in [0.29, 0.717) is 30.3 Å². The number of ether oxygens (including phenoxy) is 1. The first kappa shape index (κ1) is 17.4. The Morgan fingerprint density at radius 2 is 2.09 bits per heavy atom. The molecule has 2 rings (SSSR count). The highest BCUT2D eigenvalue weighted by molar-refractivity contribution is 8.02. The molecule has 122 valence electrons. The number of sulfone groups is 1. The van der Waals surface area contributed by atoms with Gasteiger partial charge in [-0.3, -0.25) is 4.79 Å². The summed E-state index contributed by atoms with van der Waals surface area (Å²) in [5, 5.41) is 3.44. The van der Waals surface area contributed by atoms with Crippen LogP contribution in [0, 0.1) is 0 Å². The fourth-order valence-corrected chi connectivity index (χ4v) is 5.63. The van der Waals surface area contributed by atoms with Gasteiger partial charge in [-0.25, -0.2) is 8.42 Å². The van der Waals surface area contributed by atoms with Crippen LogP contribution in [0.1, 0.15) is 6.42 Å². The fraction of sp³-hybridized carbons (Fsp3) is 0.500. The van der Waals surface area contributed by atoms with E-state index in [-0.39, 0.29) is 28.4 Å². The minimum absolute atomic E-state index is 0.0427. The summed E-state index contributed by atoms with van der Waals surface area (Å²) in [6.07, 6.45) is 0.639. The maximum Gasteiger partial charge on any atom is 0.230 e. The third-order valence-corrected chi connectivity index (χ3v) is 6.68. The summed E-state index contributed by atoms with van der Waals surface area (Å²) >= 11 is 7.17. The molecule has 0 aromatic heterocycles. The SMILES string of the molecule is O=C(CSC1CCS(=O)(=O)C1)NCCOc1ccc(Cl)cc1. The van der Waals surface area contributed by atoms with Crippen LogP contribution in [0.4, 0.5) is 0 Å². The van der Waals surface area contributed by atoms with Gasteiger partial charge in [0.1, 0.15) is 12.4 Å². The van der Waals surface area contributed by atoms with E-state index >= 15 is 0 Å². The Hall–Kier alpha value is -0.920. The molecule has 1 unspecified atom stereocenters. The van der Waals surface area contributed by atoms with Gasteiger partial charge in [-0.05, 0) is 30.7 Å². The number of benzene rings is 1. The average molecular weight is 364 g/mol. The highest BCUT2D eigenvalue weighted by Gasteiger charge is 2.28. The Kier molecular flexibility index (Phi) is 6.40. The molecule has 1 fully saturated rings. The van der Waals surface area contributed by atoms with E-state index in [1.807, 2.05) is 0 Å². The molecule has 1 aromatic carbocycles. The lowest BCUT2D eigenvalue weighted by Gasteiger charge is -2.09. The summed E-state index contributed by atoms with van der Waals surface area (Å²) in [7, 11) is -2.88. The van der Waals surface area contributed by atoms with Crippen LogP contribution >= 0.6 is 23.4 Å². The van der Waals surface area contributed by atoms with E-state index in [1.54, 1.807) is 24.3 Å². The molecule has 1 aliphatic rings. The molecular weight excluding hydrogens is 346 g/mol. The van der Waals surface area contributed by atoms with Crippen molar-refractivity contribution in [2.24, 2.45) is 0 Å². The lowest BCUT2D eigenvalue weighted by molar-refractivity contribution is -0.118. The Labute approximate surface area is 139 Å². The van der Waals surface area contributed by atoms with Crippen molar-refractivity contribution >= 4 is 39.1 Å². The number of rotatable bonds is 7. The van der Waals surface area contributed by atoms with Crippen molar-refractivity contribution in [1.29, 1.82) is 0 Å². The van der Waals surface area contributed by atoms with Crippen molar-refractivity contribution in [3.8, 4) is 5.75 Å². The number of amides is 1. The predicted octanol–water partition coefficient (Wildman–Crippen LogP) is 1.76. The minimum atomic E-state index is -2.88. The van der Waals surface area contributed by atoms with Gasteiger partial charge in [0.25, 0.3) is 0 Å². The van der Waals surface area contributed by atoms with E-state index < -0.39 is 9.84 Å². The molecule has 1 aliphatic heterocycles. The third-order valence-electron chi connectivity index (χ3n) is 3.15. The van der Waals surface area contributed by atoms with Gasteiger partial charge in [0, 0.05) is 10.3 Å². The fourth-order valence-electron chi connectivity index (χ4n) is 2.03. The topological polar surface area (TPSA) is 72.5 Å². The van der Waals surface area contributed by atoms with Gasteiger partial charge >= 0.3 is 0 Å². The number of carbonyl (C=O) groups is 1. The van der Waals surface area contributed by atoms with E-state index in [4.69, 9.17) is 16.3 Å². The van der Waals surface area contributed by atoms with E-state index in [2.05, 4.69) is 5.32 Å². The molecule has 1 N–H and O–H groups in total. The molecular formula is C14H18ClNO4S2. The number of carbonyl (C=O) groups excluding carboxylic acids is 1. The molecule has 1 atom stereocenters. The van der Waals surface area contributed by atoms with Crippen LogP contribution < -0.4 is 10.1 Å². The second kappa shape index (κ2) is 8.08. The van der Waals surface area contributed by atoms with Crippen molar-refractivity contribution in [2.45, 2.75) is 11.7 Å². The second-order valence-electron chi connectivity index (χ2n) is 4.99. The van der Waals surface area contributed by atoms with E-state index in [9.17, 15) is 13.2 Å². The standard InChI is InChI=1S/C14H18ClNO4S2/c15-11-1-3-12(4-2-11)20-7-6-16-14(17)9-21-13-5-8-22(18,19)10-13/h1-4,13H,5-10H2,(H,16,17). The van der Waals surface area contributed by atoms with Gasteiger partial charge in [-0.15, -0.1) is 11.8 Å². The normalized spacial score (nSPS) is 19.8. The molecule has 0 spiro atoms. The zero-order valence-corrected chi connectivity index (χ0v) is 14.3. The lowest BCUT2D eigenvalue weighted by Crippen LogP contribution is -2.30. The van der Waals surface area contributed by atoms with Crippen LogP contribution in [-0.4, -0.2) is 50.0 Å². The monoisotopic (exact) mass is 363 g/mol. The number of hydrogen-bond donors (Lipinski definition) is 1. The molecule has 0 radical (unpaired) electrons. The molecule has 22 heavy (non-hydrogen) atoms. The van der Waals surface area contributed by atoms with Crippen LogP contribution in [0.5, 0.6) is 5.75 Å². The molecule has 1 amide bonds. The van der Waals surface area contributed by atoms with E-state index in [0.717, 1.165) is 0 Å². The number of nitrogens with one attached hydrogen (secondary N) is 1. The van der Waals surface area contributed by atoms with Crippen molar-refractivity contribution in [3.63, 3.8) is 0 Å². The first-order valence-electron chi connectivity index (χ1n) is 6.92. The molecule has 5 nitrogen and oxygen atoms in total. The van der Waals surface area contributed by atoms with Crippen LogP contribution in [-0.2, 0) is 14.6 Å². The van der Waals surface area contributed by atoms with Crippen molar-refractivity contribution in [3.05, 3.63) is 29.3 Å². The molecule has 1 aromatic rings. The van der Waals surface area contributed by atoms with E-state index in [1.165, 1.54) is 11.8 Å². The molecule has 0 saturated carbocycles. The van der Waals surface area contributed by atoms with Gasteiger partial charge in [-0.1, -0.05) is 11.6 Å². The maximum atomic E-state index is 11.7. The Morgan fingerprint density at radius 1 is 1.36 bits per heavy atom. The van der Waals surface area contributed by atoms with Crippen molar-refractivity contribution < 1.29 is 17.9 Å². The minimum Gasteiger partial charge on any atom is -0.492 e. The zero-order chi connectivity index (χ0) is 16.0. The molecule has 1 heterocycles. The van der Waals surface area contributed by atoms with Crippen LogP contribution in [0.3, 0.4) is 0 Å². The predicted molar refractivity (Wildman–Crippen MR) is 89.5 cm³/mol. The first-order chi connectivity index (χ1) is 10.4. The van der Waals surface area contributed by atoms with Gasteiger partial charge in [-0.2, -0.15) is 0 Å². The Morgan fingerprint density at radius 3 is 2.73 bits per heavy atom. The summed E-state index contributed by atoms with van der Waals surface area (Å²) < 4.78 is 28.1. The summed E-state index contributed by atoms with van der Waals surface area (Å²) in [5.41, 5.74) is 0. The summed E-state index contributed by atoms with van der Waals surface area (Å²) in [4.78, 5) is 11.7. The Balaban J connectivity index is 1.57. The second-order valence-corrected chi connectivity index (χ2v) is 8.94. The largest absolute Gasteiger partial charge is 0.492 e. The Bertz CT molecular complexity index is 604. The van der Waals surface area contributed by atoms with Crippen molar-refractivity contribution in [1.82, 2.24) is 5.32 Å². The van der Waals surface area contributed by atoms with Gasteiger partial charge in [0.15, 0.2) is 9.84 Å². The summed E-state index contributed by atoms with van der Waals surface area (Å²) in [6, 6.07) is 7.00. The number of halogens is 1. The van der Waals surface area contributed by atoms with Crippen molar-refractivity contribution in [2.75, 3.05) is 30.4 Å². The molecule has 0 aliphatic carbocycles. The number of hydrogen-bond acceptors (Lipinski definition) is 5. The highest BCUT2D eigenvalue weighted by atomic mass is 35.5. The quantitative estimate of drug-likeness (QED) is 0.747. The van der Waals surface area contributed by atoms with Crippen LogP contribution in [0.15, 0.2) is 24.3 Å².